The maximum atomic E-state index is 11.7. The predicted octanol–water partition coefficient (Wildman–Crippen LogP) is 1.05. The van der Waals surface area contributed by atoms with Gasteiger partial charge in [0.1, 0.15) is 0 Å². The Hall–Kier alpha value is -1.92. The van der Waals surface area contributed by atoms with Crippen molar-refractivity contribution in [2.24, 2.45) is 0 Å². The van der Waals surface area contributed by atoms with Crippen molar-refractivity contribution in [3.8, 4) is 0 Å². The zero-order valence-corrected chi connectivity index (χ0v) is 10.4. The lowest BCUT2D eigenvalue weighted by molar-refractivity contribution is 0.0218. The second kappa shape index (κ2) is 7.41. The molecular formula is C12H16N2O4. The number of nitrogens with one attached hydrogen (secondary N) is 2. The van der Waals surface area contributed by atoms with E-state index in [1.807, 2.05) is 0 Å². The SMILES string of the molecule is CCNOC(=O)c1ccccc1C(=O)ONCC. The maximum Gasteiger partial charge on any atom is 0.357 e. The summed E-state index contributed by atoms with van der Waals surface area (Å²) in [6.45, 7) is 4.54. The highest BCUT2D eigenvalue weighted by Crippen LogP contribution is 2.11. The Morgan fingerprint density at radius 3 is 1.67 bits per heavy atom. The summed E-state index contributed by atoms with van der Waals surface area (Å²) in [5.74, 6) is -1.25. The van der Waals surface area contributed by atoms with Gasteiger partial charge in [0.2, 0.25) is 0 Å². The molecule has 2 N–H and O–H groups in total. The quantitative estimate of drug-likeness (QED) is 0.737. The Kier molecular flexibility index (Phi) is 5.83. The fourth-order valence-electron chi connectivity index (χ4n) is 1.22. The minimum atomic E-state index is -0.624. The first-order chi connectivity index (χ1) is 8.70. The number of rotatable bonds is 6. The average Bonchev–Trinajstić information content (AvgIpc) is 2.42. The van der Waals surface area contributed by atoms with E-state index in [1.54, 1.807) is 26.0 Å². The molecule has 0 atom stereocenters. The summed E-state index contributed by atoms with van der Waals surface area (Å²) in [5.41, 5.74) is 5.19. The van der Waals surface area contributed by atoms with Gasteiger partial charge in [0.15, 0.2) is 0 Å². The lowest BCUT2D eigenvalue weighted by atomic mass is 10.1. The monoisotopic (exact) mass is 252 g/mol. The van der Waals surface area contributed by atoms with Crippen molar-refractivity contribution in [1.82, 2.24) is 11.0 Å². The van der Waals surface area contributed by atoms with E-state index in [0.717, 1.165) is 0 Å². The Labute approximate surface area is 105 Å². The Morgan fingerprint density at radius 2 is 1.33 bits per heavy atom. The first-order valence-electron chi connectivity index (χ1n) is 5.67. The Bertz CT molecular complexity index is 381. The van der Waals surface area contributed by atoms with Crippen molar-refractivity contribution < 1.29 is 19.3 Å². The van der Waals surface area contributed by atoms with Gasteiger partial charge in [-0.05, 0) is 26.0 Å². The van der Waals surface area contributed by atoms with Crippen LogP contribution in [0.25, 0.3) is 0 Å². The van der Waals surface area contributed by atoms with E-state index in [0.29, 0.717) is 13.1 Å². The molecule has 98 valence electrons. The summed E-state index contributed by atoms with van der Waals surface area (Å²) in [6, 6.07) is 6.30. The Morgan fingerprint density at radius 1 is 0.944 bits per heavy atom. The van der Waals surface area contributed by atoms with Gasteiger partial charge in [-0.2, -0.15) is 11.0 Å². The smallest absolute Gasteiger partial charge is 0.357 e. The molecule has 0 bridgehead atoms. The van der Waals surface area contributed by atoms with Crippen molar-refractivity contribution in [3.63, 3.8) is 0 Å². The Balaban J connectivity index is 2.85. The van der Waals surface area contributed by atoms with Crippen LogP contribution in [0.2, 0.25) is 0 Å². The third-order valence-electron chi connectivity index (χ3n) is 1.99. The van der Waals surface area contributed by atoms with Crippen molar-refractivity contribution in [3.05, 3.63) is 35.4 Å². The number of carbonyl (C=O) groups excluding carboxylic acids is 2. The number of carbonyl (C=O) groups is 2. The van der Waals surface area contributed by atoms with Crippen LogP contribution in [0.15, 0.2) is 24.3 Å². The largest absolute Gasteiger partial charge is 0.367 e. The van der Waals surface area contributed by atoms with E-state index in [1.165, 1.54) is 12.1 Å². The van der Waals surface area contributed by atoms with Crippen LogP contribution in [0, 0.1) is 0 Å². The van der Waals surface area contributed by atoms with Gasteiger partial charge in [-0.15, -0.1) is 0 Å². The molecule has 6 nitrogen and oxygen atoms in total. The standard InChI is InChI=1S/C12H16N2O4/c1-3-13-17-11(15)9-7-5-6-8-10(9)12(16)18-14-4-2/h5-8,13-14H,3-4H2,1-2H3. The normalized spacial score (nSPS) is 9.89. The number of hydroxylamine groups is 2. The van der Waals surface area contributed by atoms with Gasteiger partial charge in [-0.3, -0.25) is 0 Å². The zero-order chi connectivity index (χ0) is 13.4. The topological polar surface area (TPSA) is 76.7 Å². The number of hydrogen-bond donors (Lipinski definition) is 2. The van der Waals surface area contributed by atoms with Gasteiger partial charge >= 0.3 is 11.9 Å². The molecule has 0 saturated carbocycles. The van der Waals surface area contributed by atoms with Crippen LogP contribution in [0.3, 0.4) is 0 Å². The van der Waals surface area contributed by atoms with Gasteiger partial charge in [0.25, 0.3) is 0 Å². The second-order valence-corrected chi connectivity index (χ2v) is 3.32. The average molecular weight is 252 g/mol. The summed E-state index contributed by atoms with van der Waals surface area (Å²) in [7, 11) is 0. The van der Waals surface area contributed by atoms with Crippen molar-refractivity contribution in [1.29, 1.82) is 0 Å². The van der Waals surface area contributed by atoms with Gasteiger partial charge in [-0.25, -0.2) is 9.59 Å². The first kappa shape index (κ1) is 14.1. The van der Waals surface area contributed by atoms with E-state index in [9.17, 15) is 9.59 Å². The molecule has 0 spiro atoms. The zero-order valence-electron chi connectivity index (χ0n) is 10.4. The minimum Gasteiger partial charge on any atom is -0.367 e. The fraction of sp³-hybridized carbons (Fsp3) is 0.333. The summed E-state index contributed by atoms with van der Waals surface area (Å²) >= 11 is 0. The van der Waals surface area contributed by atoms with Crippen LogP contribution >= 0.6 is 0 Å². The molecule has 0 fully saturated rings. The molecule has 0 aliphatic carbocycles. The van der Waals surface area contributed by atoms with Gasteiger partial charge < -0.3 is 9.68 Å². The second-order valence-electron chi connectivity index (χ2n) is 3.32. The molecule has 18 heavy (non-hydrogen) atoms. The van der Waals surface area contributed by atoms with Crippen LogP contribution in [0.4, 0.5) is 0 Å². The van der Waals surface area contributed by atoms with Crippen LogP contribution in [0.1, 0.15) is 34.6 Å². The third-order valence-corrected chi connectivity index (χ3v) is 1.99. The first-order valence-corrected chi connectivity index (χ1v) is 5.67. The molecule has 0 heterocycles. The lowest BCUT2D eigenvalue weighted by Gasteiger charge is -2.08. The summed E-state index contributed by atoms with van der Waals surface area (Å²) in [5, 5.41) is 0. The van der Waals surface area contributed by atoms with Crippen molar-refractivity contribution in [2.75, 3.05) is 13.1 Å². The van der Waals surface area contributed by atoms with E-state index >= 15 is 0 Å². The summed E-state index contributed by atoms with van der Waals surface area (Å²) in [4.78, 5) is 32.9. The molecular weight excluding hydrogens is 236 g/mol. The van der Waals surface area contributed by atoms with Gasteiger partial charge in [0, 0.05) is 13.1 Å². The fourth-order valence-corrected chi connectivity index (χ4v) is 1.22. The molecule has 0 unspecified atom stereocenters. The highest BCUT2D eigenvalue weighted by atomic mass is 16.7. The molecule has 1 rings (SSSR count). The van der Waals surface area contributed by atoms with Crippen LogP contribution in [0.5, 0.6) is 0 Å². The molecule has 1 aromatic carbocycles. The summed E-state index contributed by atoms with van der Waals surface area (Å²) in [6.07, 6.45) is 0. The van der Waals surface area contributed by atoms with Gasteiger partial charge in [0.05, 0.1) is 11.1 Å². The highest BCUT2D eigenvalue weighted by Gasteiger charge is 2.19. The minimum absolute atomic E-state index is 0.154. The highest BCUT2D eigenvalue weighted by molar-refractivity contribution is 6.02. The lowest BCUT2D eigenvalue weighted by Crippen LogP contribution is -2.24. The molecule has 0 saturated heterocycles. The molecule has 0 amide bonds. The third kappa shape index (κ3) is 3.83. The molecule has 1 aromatic rings. The van der Waals surface area contributed by atoms with Crippen LogP contribution in [-0.2, 0) is 9.68 Å². The predicted molar refractivity (Wildman–Crippen MR) is 64.6 cm³/mol. The molecule has 0 aromatic heterocycles. The van der Waals surface area contributed by atoms with E-state index in [2.05, 4.69) is 11.0 Å². The summed E-state index contributed by atoms with van der Waals surface area (Å²) < 4.78 is 0. The molecule has 0 radical (unpaired) electrons. The van der Waals surface area contributed by atoms with E-state index < -0.39 is 11.9 Å². The molecule has 0 aliphatic rings. The van der Waals surface area contributed by atoms with E-state index in [4.69, 9.17) is 9.68 Å². The molecule has 0 aliphatic heterocycles. The van der Waals surface area contributed by atoms with E-state index in [-0.39, 0.29) is 11.1 Å². The molecule has 6 heteroatoms. The van der Waals surface area contributed by atoms with Crippen LogP contribution < -0.4 is 11.0 Å². The maximum absolute atomic E-state index is 11.7. The number of benzene rings is 1. The van der Waals surface area contributed by atoms with Crippen molar-refractivity contribution in [2.45, 2.75) is 13.8 Å². The van der Waals surface area contributed by atoms with Crippen molar-refractivity contribution >= 4 is 11.9 Å². The number of hydrogen-bond acceptors (Lipinski definition) is 6. The van der Waals surface area contributed by atoms with Crippen LogP contribution in [-0.4, -0.2) is 25.0 Å². The van der Waals surface area contributed by atoms with Gasteiger partial charge in [-0.1, -0.05) is 12.1 Å².